The number of rotatable bonds is 11. The molecule has 1 unspecified atom stereocenters. The van der Waals surface area contributed by atoms with E-state index in [1.807, 2.05) is 48.2 Å². The molecule has 43 heavy (non-hydrogen) atoms. The fourth-order valence-electron chi connectivity index (χ4n) is 5.20. The molecule has 222 valence electrons. The minimum absolute atomic E-state index is 0.0516. The topological polar surface area (TPSA) is 114 Å². The summed E-state index contributed by atoms with van der Waals surface area (Å²) in [6.07, 6.45) is 2.76. The van der Waals surface area contributed by atoms with Gasteiger partial charge in [-0.1, -0.05) is 60.3 Å². The Hall–Kier alpha value is -4.51. The largest absolute Gasteiger partial charge is 0.339 e. The van der Waals surface area contributed by atoms with E-state index in [-0.39, 0.29) is 23.5 Å². The second-order valence-corrected chi connectivity index (χ2v) is 11.6. The van der Waals surface area contributed by atoms with E-state index in [1.165, 1.54) is 29.8 Å². The number of benzene rings is 3. The van der Waals surface area contributed by atoms with Gasteiger partial charge in [-0.3, -0.25) is 24.3 Å². The summed E-state index contributed by atoms with van der Waals surface area (Å²) in [6.45, 7) is 3.30. The van der Waals surface area contributed by atoms with Crippen LogP contribution in [0.2, 0.25) is 0 Å². The SMILES string of the molecule is CC1CN(C(=O)CCCCSc2nnc(Cc3ccccc3)n2-c2ccccc2)CCN1C(=O)c1ccc([N+](=O)[O-])cc1. The average molecular weight is 599 g/mol. The highest BCUT2D eigenvalue weighted by molar-refractivity contribution is 7.99. The zero-order valence-corrected chi connectivity index (χ0v) is 24.9. The summed E-state index contributed by atoms with van der Waals surface area (Å²) in [4.78, 5) is 39.9. The van der Waals surface area contributed by atoms with Gasteiger partial charge >= 0.3 is 0 Å². The van der Waals surface area contributed by atoms with Crippen LogP contribution in [0.3, 0.4) is 0 Å². The molecule has 1 fully saturated rings. The van der Waals surface area contributed by atoms with E-state index in [0.29, 0.717) is 38.0 Å². The molecule has 0 radical (unpaired) electrons. The maximum absolute atomic E-state index is 13.0. The molecule has 10 nitrogen and oxygen atoms in total. The van der Waals surface area contributed by atoms with Gasteiger partial charge in [0.1, 0.15) is 5.82 Å². The molecule has 1 aromatic heterocycles. The van der Waals surface area contributed by atoms with Crippen molar-refractivity contribution in [2.75, 3.05) is 25.4 Å². The lowest BCUT2D eigenvalue weighted by Crippen LogP contribution is -2.55. The van der Waals surface area contributed by atoms with E-state index in [1.54, 1.807) is 16.7 Å². The molecular formula is C32H34N6O4S. The Morgan fingerprint density at radius 2 is 1.63 bits per heavy atom. The number of nitrogens with zero attached hydrogens (tertiary/aromatic N) is 6. The van der Waals surface area contributed by atoms with E-state index in [4.69, 9.17) is 0 Å². The number of hydrogen-bond donors (Lipinski definition) is 0. The molecule has 1 saturated heterocycles. The summed E-state index contributed by atoms with van der Waals surface area (Å²) in [6, 6.07) is 25.8. The van der Waals surface area contributed by atoms with Gasteiger partial charge < -0.3 is 9.80 Å². The first-order valence-electron chi connectivity index (χ1n) is 14.4. The van der Waals surface area contributed by atoms with Crippen molar-refractivity contribution < 1.29 is 14.5 Å². The second-order valence-electron chi connectivity index (χ2n) is 10.5. The molecule has 4 aromatic rings. The van der Waals surface area contributed by atoms with Gasteiger partial charge in [0.2, 0.25) is 5.91 Å². The standard InChI is InChI=1S/C32H34N6O4S/c1-24-23-35(19-20-36(24)31(40)26-15-17-28(18-16-26)38(41)42)30(39)14-8-9-21-43-32-34-33-29(22-25-10-4-2-5-11-25)37(32)27-12-6-3-7-13-27/h2-7,10-13,15-18,24H,8-9,14,19-23H2,1H3. The van der Waals surface area contributed by atoms with E-state index < -0.39 is 4.92 Å². The van der Waals surface area contributed by atoms with Gasteiger partial charge in [-0.25, -0.2) is 0 Å². The third-order valence-corrected chi connectivity index (χ3v) is 8.52. The Kier molecular flexibility index (Phi) is 9.83. The average Bonchev–Trinajstić information content (AvgIpc) is 3.43. The van der Waals surface area contributed by atoms with Crippen LogP contribution < -0.4 is 0 Å². The van der Waals surface area contributed by atoms with Gasteiger partial charge in [0.05, 0.1) is 4.92 Å². The van der Waals surface area contributed by atoms with Gasteiger partial charge in [-0.2, -0.15) is 0 Å². The Morgan fingerprint density at radius 3 is 2.30 bits per heavy atom. The second kappa shape index (κ2) is 14.1. The lowest BCUT2D eigenvalue weighted by molar-refractivity contribution is -0.384. The van der Waals surface area contributed by atoms with Gasteiger partial charge in [-0.15, -0.1) is 10.2 Å². The van der Waals surface area contributed by atoms with E-state index in [0.717, 1.165) is 35.3 Å². The molecule has 11 heteroatoms. The summed E-state index contributed by atoms with van der Waals surface area (Å²) in [5.74, 6) is 1.62. The predicted octanol–water partition coefficient (Wildman–Crippen LogP) is 5.40. The maximum Gasteiger partial charge on any atom is 0.269 e. The minimum atomic E-state index is -0.487. The molecule has 2 amide bonds. The Morgan fingerprint density at radius 1 is 0.930 bits per heavy atom. The molecule has 3 aromatic carbocycles. The highest BCUT2D eigenvalue weighted by atomic mass is 32.2. The van der Waals surface area contributed by atoms with Gasteiger partial charge in [0, 0.05) is 67.7 Å². The third-order valence-electron chi connectivity index (χ3n) is 7.50. The number of piperazine rings is 1. The molecule has 1 aliphatic heterocycles. The fourth-order valence-corrected chi connectivity index (χ4v) is 6.17. The molecule has 2 heterocycles. The number of aromatic nitrogens is 3. The van der Waals surface area contributed by atoms with E-state index in [9.17, 15) is 19.7 Å². The number of carbonyl (C=O) groups excluding carboxylic acids is 2. The molecule has 0 spiro atoms. The molecule has 0 saturated carbocycles. The molecular weight excluding hydrogens is 564 g/mol. The fraction of sp³-hybridized carbons (Fsp3) is 0.312. The first-order valence-corrected chi connectivity index (χ1v) is 15.4. The van der Waals surface area contributed by atoms with Crippen LogP contribution >= 0.6 is 11.8 Å². The number of nitro benzene ring substituents is 1. The summed E-state index contributed by atoms with van der Waals surface area (Å²) in [5.41, 5.74) is 2.55. The van der Waals surface area contributed by atoms with Crippen molar-refractivity contribution in [3.63, 3.8) is 0 Å². The van der Waals surface area contributed by atoms with Crippen molar-refractivity contribution >= 4 is 29.3 Å². The van der Waals surface area contributed by atoms with Crippen molar-refractivity contribution in [2.45, 2.75) is 43.8 Å². The van der Waals surface area contributed by atoms with Crippen LogP contribution in [0.25, 0.3) is 5.69 Å². The summed E-state index contributed by atoms with van der Waals surface area (Å²) in [5, 5.41) is 20.7. The zero-order chi connectivity index (χ0) is 30.2. The highest BCUT2D eigenvalue weighted by Crippen LogP contribution is 2.25. The number of para-hydroxylation sites is 1. The lowest BCUT2D eigenvalue weighted by Gasteiger charge is -2.40. The quantitative estimate of drug-likeness (QED) is 0.0983. The van der Waals surface area contributed by atoms with Crippen LogP contribution in [0.1, 0.15) is 47.9 Å². The third kappa shape index (κ3) is 7.47. The van der Waals surface area contributed by atoms with Crippen LogP contribution in [-0.4, -0.2) is 72.7 Å². The monoisotopic (exact) mass is 598 g/mol. The normalized spacial score (nSPS) is 15.0. The highest BCUT2D eigenvalue weighted by Gasteiger charge is 2.30. The molecule has 0 aliphatic carbocycles. The van der Waals surface area contributed by atoms with E-state index >= 15 is 0 Å². The number of carbonyl (C=O) groups is 2. The number of non-ortho nitro benzene ring substituents is 1. The van der Waals surface area contributed by atoms with Crippen molar-refractivity contribution in [3.8, 4) is 5.69 Å². The number of hydrogen-bond acceptors (Lipinski definition) is 7. The van der Waals surface area contributed by atoms with Crippen LogP contribution in [-0.2, 0) is 11.2 Å². The van der Waals surface area contributed by atoms with E-state index in [2.05, 4.69) is 39.0 Å². The summed E-state index contributed by atoms with van der Waals surface area (Å²) in [7, 11) is 0. The van der Waals surface area contributed by atoms with Crippen LogP contribution in [0.15, 0.2) is 90.1 Å². The van der Waals surface area contributed by atoms with Gasteiger partial charge in [0.15, 0.2) is 5.16 Å². The number of unbranched alkanes of at least 4 members (excludes halogenated alkanes) is 1. The Labute approximate surface area is 254 Å². The minimum Gasteiger partial charge on any atom is -0.339 e. The van der Waals surface area contributed by atoms with Crippen molar-refractivity contribution in [1.29, 1.82) is 0 Å². The molecule has 0 N–H and O–H groups in total. The zero-order valence-electron chi connectivity index (χ0n) is 24.0. The first-order chi connectivity index (χ1) is 20.9. The molecule has 0 bridgehead atoms. The van der Waals surface area contributed by atoms with Crippen molar-refractivity contribution in [1.82, 2.24) is 24.6 Å². The van der Waals surface area contributed by atoms with Gasteiger partial charge in [0.25, 0.3) is 11.6 Å². The van der Waals surface area contributed by atoms with Crippen LogP contribution in [0.4, 0.5) is 5.69 Å². The smallest absolute Gasteiger partial charge is 0.269 e. The predicted molar refractivity (Wildman–Crippen MR) is 165 cm³/mol. The molecule has 1 aliphatic rings. The Balaban J connectivity index is 1.10. The van der Waals surface area contributed by atoms with Crippen LogP contribution in [0.5, 0.6) is 0 Å². The first kappa shape index (κ1) is 30.0. The van der Waals surface area contributed by atoms with Crippen molar-refractivity contribution in [3.05, 3.63) is 112 Å². The lowest BCUT2D eigenvalue weighted by atomic mass is 10.1. The Bertz CT molecular complexity index is 1550. The van der Waals surface area contributed by atoms with Gasteiger partial charge in [-0.05, 0) is 49.6 Å². The number of amides is 2. The number of thioether (sulfide) groups is 1. The molecule has 1 atom stereocenters. The number of nitro groups is 1. The summed E-state index contributed by atoms with van der Waals surface area (Å²) < 4.78 is 2.11. The van der Waals surface area contributed by atoms with Crippen LogP contribution in [0, 0.1) is 10.1 Å². The summed E-state index contributed by atoms with van der Waals surface area (Å²) >= 11 is 1.65. The maximum atomic E-state index is 13.0. The molecule has 5 rings (SSSR count). The van der Waals surface area contributed by atoms with Crippen molar-refractivity contribution in [2.24, 2.45) is 0 Å².